The maximum Gasteiger partial charge on any atom is 0.106 e. The molecule has 4 heteroatoms. The Balaban J connectivity index is 3.26. The minimum Gasteiger partial charge on any atom is -0.389 e. The SMILES string of the molecule is CN(C)c1cc(Cl)ccc1C(N)=S. The van der Waals surface area contributed by atoms with Crippen LogP contribution in [0.1, 0.15) is 5.56 Å². The van der Waals surface area contributed by atoms with E-state index >= 15 is 0 Å². The zero-order valence-corrected chi connectivity index (χ0v) is 9.12. The molecule has 0 spiro atoms. The molecule has 1 rings (SSSR count). The molecule has 0 saturated carbocycles. The van der Waals surface area contributed by atoms with Gasteiger partial charge in [-0.15, -0.1) is 0 Å². The minimum absolute atomic E-state index is 0.389. The molecule has 0 aliphatic rings. The van der Waals surface area contributed by atoms with Gasteiger partial charge < -0.3 is 10.6 Å². The molecule has 2 N–H and O–H groups in total. The lowest BCUT2D eigenvalue weighted by molar-refractivity contribution is 1.13. The molecule has 0 radical (unpaired) electrons. The van der Waals surface area contributed by atoms with Crippen molar-refractivity contribution in [2.45, 2.75) is 0 Å². The van der Waals surface area contributed by atoms with Gasteiger partial charge in [0.15, 0.2) is 0 Å². The van der Waals surface area contributed by atoms with E-state index in [1.807, 2.05) is 31.1 Å². The van der Waals surface area contributed by atoms with Gasteiger partial charge in [-0.25, -0.2) is 0 Å². The summed E-state index contributed by atoms with van der Waals surface area (Å²) in [6.45, 7) is 0. The fourth-order valence-electron chi connectivity index (χ4n) is 1.08. The highest BCUT2D eigenvalue weighted by molar-refractivity contribution is 7.80. The van der Waals surface area contributed by atoms with E-state index in [-0.39, 0.29) is 0 Å². The predicted octanol–water partition coefficient (Wildman–Crippen LogP) is 2.04. The first kappa shape index (κ1) is 10.3. The van der Waals surface area contributed by atoms with Crippen molar-refractivity contribution in [2.75, 3.05) is 19.0 Å². The fourth-order valence-corrected chi connectivity index (χ4v) is 1.42. The molecule has 70 valence electrons. The van der Waals surface area contributed by atoms with Gasteiger partial charge in [0.2, 0.25) is 0 Å². The quantitative estimate of drug-likeness (QED) is 0.765. The number of hydrogen-bond acceptors (Lipinski definition) is 2. The number of thiocarbonyl (C=S) groups is 1. The van der Waals surface area contributed by atoms with Crippen LogP contribution >= 0.6 is 23.8 Å². The van der Waals surface area contributed by atoms with Crippen molar-refractivity contribution >= 4 is 34.5 Å². The van der Waals surface area contributed by atoms with Gasteiger partial charge in [-0.2, -0.15) is 0 Å². The largest absolute Gasteiger partial charge is 0.389 e. The molecule has 0 unspecified atom stereocenters. The van der Waals surface area contributed by atoms with E-state index in [4.69, 9.17) is 29.6 Å². The van der Waals surface area contributed by atoms with Crippen molar-refractivity contribution < 1.29 is 0 Å². The van der Waals surface area contributed by atoms with Gasteiger partial charge >= 0.3 is 0 Å². The number of benzene rings is 1. The zero-order chi connectivity index (χ0) is 10.0. The standard InChI is InChI=1S/C9H11ClN2S/c1-12(2)8-5-6(10)3-4-7(8)9(11)13/h3-5H,1-2H3,(H2,11,13). The number of nitrogens with zero attached hydrogens (tertiary/aromatic N) is 1. The van der Waals surface area contributed by atoms with Crippen LogP contribution in [0, 0.1) is 0 Å². The molecule has 1 aromatic rings. The minimum atomic E-state index is 0.389. The maximum absolute atomic E-state index is 5.85. The van der Waals surface area contributed by atoms with Crippen LogP contribution in [0.3, 0.4) is 0 Å². The van der Waals surface area contributed by atoms with E-state index in [2.05, 4.69) is 0 Å². The van der Waals surface area contributed by atoms with Crippen LogP contribution in [0.4, 0.5) is 5.69 Å². The van der Waals surface area contributed by atoms with Crippen LogP contribution in [-0.4, -0.2) is 19.1 Å². The molecule has 0 heterocycles. The Hall–Kier alpha value is -0.800. The van der Waals surface area contributed by atoms with Crippen molar-refractivity contribution in [1.82, 2.24) is 0 Å². The normalized spacial score (nSPS) is 9.77. The average molecular weight is 215 g/mol. The first-order valence-corrected chi connectivity index (χ1v) is 4.57. The first-order valence-electron chi connectivity index (χ1n) is 3.79. The van der Waals surface area contributed by atoms with E-state index in [0.29, 0.717) is 10.0 Å². The summed E-state index contributed by atoms with van der Waals surface area (Å²) in [6, 6.07) is 5.46. The Bertz CT molecular complexity index is 336. The Kier molecular flexibility index (Phi) is 3.12. The monoisotopic (exact) mass is 214 g/mol. The summed E-state index contributed by atoms with van der Waals surface area (Å²) in [7, 11) is 3.85. The molecule has 0 amide bonds. The second kappa shape index (κ2) is 3.94. The molecule has 0 aromatic heterocycles. The number of hydrogen-bond donors (Lipinski definition) is 1. The lowest BCUT2D eigenvalue weighted by atomic mass is 10.1. The average Bonchev–Trinajstić information content (AvgIpc) is 2.03. The van der Waals surface area contributed by atoms with Crippen LogP contribution in [0.5, 0.6) is 0 Å². The number of halogens is 1. The predicted molar refractivity (Wildman–Crippen MR) is 61.7 cm³/mol. The number of anilines is 1. The zero-order valence-electron chi connectivity index (χ0n) is 7.54. The molecule has 0 aliphatic heterocycles. The van der Waals surface area contributed by atoms with E-state index in [0.717, 1.165) is 11.3 Å². The lowest BCUT2D eigenvalue weighted by Crippen LogP contribution is -2.17. The molecule has 0 aliphatic carbocycles. The molecular formula is C9H11ClN2S. The van der Waals surface area contributed by atoms with Gasteiger partial charge in [0.1, 0.15) is 4.99 Å². The molecular weight excluding hydrogens is 204 g/mol. The molecule has 1 aromatic carbocycles. The molecule has 0 saturated heterocycles. The van der Waals surface area contributed by atoms with Crippen LogP contribution in [0.15, 0.2) is 18.2 Å². The Morgan fingerprint density at radius 3 is 2.54 bits per heavy atom. The van der Waals surface area contributed by atoms with E-state index in [9.17, 15) is 0 Å². The van der Waals surface area contributed by atoms with Crippen molar-refractivity contribution in [3.05, 3.63) is 28.8 Å². The van der Waals surface area contributed by atoms with Crippen LogP contribution in [0.2, 0.25) is 5.02 Å². The summed E-state index contributed by atoms with van der Waals surface area (Å²) in [5, 5.41) is 0.684. The van der Waals surface area contributed by atoms with E-state index < -0.39 is 0 Å². The van der Waals surface area contributed by atoms with Gasteiger partial charge in [-0.3, -0.25) is 0 Å². The highest BCUT2D eigenvalue weighted by Gasteiger charge is 2.06. The third-order valence-electron chi connectivity index (χ3n) is 1.71. The van der Waals surface area contributed by atoms with E-state index in [1.165, 1.54) is 0 Å². The highest BCUT2D eigenvalue weighted by atomic mass is 35.5. The van der Waals surface area contributed by atoms with E-state index in [1.54, 1.807) is 6.07 Å². The molecule has 13 heavy (non-hydrogen) atoms. The van der Waals surface area contributed by atoms with Gasteiger partial charge in [0.25, 0.3) is 0 Å². The van der Waals surface area contributed by atoms with Gasteiger partial charge in [-0.1, -0.05) is 23.8 Å². The third-order valence-corrected chi connectivity index (χ3v) is 2.16. The molecule has 0 fully saturated rings. The third kappa shape index (κ3) is 2.32. The topological polar surface area (TPSA) is 29.3 Å². The maximum atomic E-state index is 5.85. The van der Waals surface area contributed by atoms with Crippen LogP contribution in [-0.2, 0) is 0 Å². The summed E-state index contributed by atoms with van der Waals surface area (Å²) < 4.78 is 0. The lowest BCUT2D eigenvalue weighted by Gasteiger charge is -2.16. The molecule has 2 nitrogen and oxygen atoms in total. The molecule has 0 bridgehead atoms. The summed E-state index contributed by atoms with van der Waals surface area (Å²) in [4.78, 5) is 2.32. The van der Waals surface area contributed by atoms with Gasteiger partial charge in [-0.05, 0) is 18.2 Å². The highest BCUT2D eigenvalue weighted by Crippen LogP contribution is 2.22. The smallest absolute Gasteiger partial charge is 0.106 e. The van der Waals surface area contributed by atoms with Crippen LogP contribution in [0.25, 0.3) is 0 Å². The van der Waals surface area contributed by atoms with Crippen molar-refractivity contribution in [3.8, 4) is 0 Å². The second-order valence-corrected chi connectivity index (χ2v) is 3.80. The second-order valence-electron chi connectivity index (χ2n) is 2.92. The summed E-state index contributed by atoms with van der Waals surface area (Å²) in [5.74, 6) is 0. The summed E-state index contributed by atoms with van der Waals surface area (Å²) in [6.07, 6.45) is 0. The Morgan fingerprint density at radius 1 is 1.46 bits per heavy atom. The van der Waals surface area contributed by atoms with Crippen molar-refractivity contribution in [2.24, 2.45) is 5.73 Å². The Labute approximate surface area is 88.3 Å². The number of nitrogens with two attached hydrogens (primary N) is 1. The first-order chi connectivity index (χ1) is 6.02. The summed E-state index contributed by atoms with van der Waals surface area (Å²) in [5.41, 5.74) is 7.36. The Morgan fingerprint density at radius 2 is 2.08 bits per heavy atom. The number of rotatable bonds is 2. The van der Waals surface area contributed by atoms with Crippen molar-refractivity contribution in [1.29, 1.82) is 0 Å². The summed E-state index contributed by atoms with van der Waals surface area (Å²) >= 11 is 10.8. The fraction of sp³-hybridized carbons (Fsp3) is 0.222. The van der Waals surface area contributed by atoms with Gasteiger partial charge in [0, 0.05) is 30.4 Å². The molecule has 0 atom stereocenters. The van der Waals surface area contributed by atoms with Crippen LogP contribution < -0.4 is 10.6 Å². The van der Waals surface area contributed by atoms with Crippen molar-refractivity contribution in [3.63, 3.8) is 0 Å². The van der Waals surface area contributed by atoms with Gasteiger partial charge in [0.05, 0.1) is 0 Å².